The number of anilines is 1. The van der Waals surface area contributed by atoms with Crippen LogP contribution < -0.4 is 11.1 Å². The molecule has 0 spiro atoms. The molecule has 4 saturated carbocycles. The Labute approximate surface area is 141 Å². The Kier molecular flexibility index (Phi) is 2.61. The van der Waals surface area contributed by atoms with Crippen LogP contribution in [0.1, 0.15) is 68.1 Å². The summed E-state index contributed by atoms with van der Waals surface area (Å²) in [5.41, 5.74) is 5.08. The molecule has 1 unspecified atom stereocenters. The second-order valence-electron chi connectivity index (χ2n) is 8.48. The molecular formula is C18H24N4O2. The van der Waals surface area contributed by atoms with E-state index in [9.17, 15) is 9.90 Å². The van der Waals surface area contributed by atoms with Gasteiger partial charge in [0.15, 0.2) is 0 Å². The van der Waals surface area contributed by atoms with Gasteiger partial charge in [0, 0.05) is 12.2 Å². The molecule has 5 rings (SSSR count). The number of carbonyl (C=O) groups excluding carboxylic acids is 1. The quantitative estimate of drug-likeness (QED) is 0.764. The maximum Gasteiger partial charge on any atom is 0.254 e. The molecule has 6 heteroatoms. The van der Waals surface area contributed by atoms with Crippen molar-refractivity contribution in [2.45, 2.75) is 68.9 Å². The minimum Gasteiger partial charge on any atom is -0.389 e. The van der Waals surface area contributed by atoms with Gasteiger partial charge in [-0.05, 0) is 63.2 Å². The molecule has 0 saturated heterocycles. The highest BCUT2D eigenvalue weighted by atomic mass is 16.3. The number of hydrogen-bond donors (Lipinski definition) is 3. The third-order valence-corrected chi connectivity index (χ3v) is 7.34. The lowest BCUT2D eigenvalue weighted by Gasteiger charge is -2.31. The number of amides is 1. The second kappa shape index (κ2) is 4.28. The topological polar surface area (TPSA) is 101 Å². The number of nitrogens with one attached hydrogen (secondary N) is 1. The van der Waals surface area contributed by atoms with Gasteiger partial charge in [-0.3, -0.25) is 4.79 Å². The average Bonchev–Trinajstić information content (AvgIpc) is 3.45. The first-order chi connectivity index (χ1) is 11.4. The van der Waals surface area contributed by atoms with Crippen molar-refractivity contribution in [1.29, 1.82) is 0 Å². The third-order valence-electron chi connectivity index (χ3n) is 7.34. The summed E-state index contributed by atoms with van der Waals surface area (Å²) in [6.45, 7) is 2.12. The molecule has 0 aliphatic heterocycles. The average molecular weight is 328 g/mol. The highest BCUT2D eigenvalue weighted by molar-refractivity contribution is 5.97. The van der Waals surface area contributed by atoms with Crippen LogP contribution in [0.3, 0.4) is 0 Å². The Hall–Kier alpha value is -1.69. The van der Waals surface area contributed by atoms with Gasteiger partial charge in [-0.25, -0.2) is 9.97 Å². The smallest absolute Gasteiger partial charge is 0.254 e. The predicted octanol–water partition coefficient (Wildman–Crippen LogP) is 1.73. The number of aromatic nitrogens is 2. The number of rotatable bonds is 5. The summed E-state index contributed by atoms with van der Waals surface area (Å²) in [6, 6.07) is 0.264. The van der Waals surface area contributed by atoms with Gasteiger partial charge < -0.3 is 16.2 Å². The largest absolute Gasteiger partial charge is 0.389 e. The molecule has 1 aromatic rings. The van der Waals surface area contributed by atoms with Gasteiger partial charge in [-0.2, -0.15) is 0 Å². The number of hydrogen-bond acceptors (Lipinski definition) is 5. The highest BCUT2D eigenvalue weighted by Gasteiger charge is 2.85. The summed E-state index contributed by atoms with van der Waals surface area (Å²) in [5, 5.41) is 14.5. The van der Waals surface area contributed by atoms with E-state index in [2.05, 4.69) is 17.2 Å². The van der Waals surface area contributed by atoms with Gasteiger partial charge in [-0.15, -0.1) is 0 Å². The van der Waals surface area contributed by atoms with E-state index >= 15 is 0 Å². The first kappa shape index (κ1) is 14.6. The fourth-order valence-corrected chi connectivity index (χ4v) is 5.63. The van der Waals surface area contributed by atoms with Crippen LogP contribution in [0.2, 0.25) is 0 Å². The molecule has 1 amide bonds. The van der Waals surface area contributed by atoms with E-state index in [1.807, 2.05) is 0 Å². The number of nitrogens with two attached hydrogens (primary N) is 1. The van der Waals surface area contributed by atoms with Gasteiger partial charge in [0.05, 0.1) is 16.6 Å². The summed E-state index contributed by atoms with van der Waals surface area (Å²) >= 11 is 0. The normalized spacial score (nSPS) is 40.2. The molecule has 2 bridgehead atoms. The molecule has 0 aromatic carbocycles. The molecular weight excluding hydrogens is 304 g/mol. The standard InChI is InChI=1S/C18H24N4O2/c1-10(11-2-3-11)21-14-12(13(19)23)8-20-15(22-14)18-9-16(18)4-6-17(18,24)7-5-16/h8,10-11,24H,2-7,9H2,1H3,(H2,19,23)(H,20,21,22)/t10-,16?,17?,18?/m1/s1. The lowest BCUT2D eigenvalue weighted by atomic mass is 9.83. The van der Waals surface area contributed by atoms with E-state index < -0.39 is 11.5 Å². The lowest BCUT2D eigenvalue weighted by Crippen LogP contribution is -2.39. The molecule has 24 heavy (non-hydrogen) atoms. The molecule has 4 aliphatic carbocycles. The fraction of sp³-hybridized carbons (Fsp3) is 0.722. The molecule has 2 atom stereocenters. The SMILES string of the molecule is C[C@@H](Nc1nc(C23CC24CCC3(O)CC4)ncc1C(N)=O)C1CC1. The van der Waals surface area contributed by atoms with Crippen LogP contribution >= 0.6 is 0 Å². The molecule has 128 valence electrons. The molecule has 1 heterocycles. The summed E-state index contributed by atoms with van der Waals surface area (Å²) < 4.78 is 0. The monoisotopic (exact) mass is 328 g/mol. The number of primary amides is 1. The predicted molar refractivity (Wildman–Crippen MR) is 88.5 cm³/mol. The molecule has 4 aliphatic rings. The first-order valence-corrected chi connectivity index (χ1v) is 9.07. The van der Waals surface area contributed by atoms with Crippen molar-refractivity contribution in [3.8, 4) is 0 Å². The lowest BCUT2D eigenvalue weighted by molar-refractivity contribution is 0.00559. The van der Waals surface area contributed by atoms with E-state index in [-0.39, 0.29) is 16.9 Å². The summed E-state index contributed by atoms with van der Waals surface area (Å²) in [7, 11) is 0. The summed E-state index contributed by atoms with van der Waals surface area (Å²) in [4.78, 5) is 21.0. The van der Waals surface area contributed by atoms with E-state index in [1.54, 1.807) is 6.20 Å². The third kappa shape index (κ3) is 1.62. The maximum absolute atomic E-state index is 11.8. The number of carbonyl (C=O) groups is 1. The van der Waals surface area contributed by atoms with Crippen LogP contribution in [0.5, 0.6) is 0 Å². The Bertz CT molecular complexity index is 737. The number of aliphatic hydroxyl groups is 1. The van der Waals surface area contributed by atoms with Gasteiger partial charge in [0.25, 0.3) is 5.91 Å². The van der Waals surface area contributed by atoms with Crippen molar-refractivity contribution in [2.75, 3.05) is 5.32 Å². The van der Waals surface area contributed by atoms with E-state index in [0.717, 1.165) is 32.1 Å². The van der Waals surface area contributed by atoms with Crippen LogP contribution in [-0.2, 0) is 5.41 Å². The molecule has 4 N–H and O–H groups in total. The van der Waals surface area contributed by atoms with E-state index in [1.165, 1.54) is 12.8 Å². The van der Waals surface area contributed by atoms with Crippen molar-refractivity contribution in [2.24, 2.45) is 17.1 Å². The van der Waals surface area contributed by atoms with Crippen LogP contribution in [0, 0.1) is 11.3 Å². The molecule has 0 radical (unpaired) electrons. The van der Waals surface area contributed by atoms with E-state index in [4.69, 9.17) is 10.7 Å². The first-order valence-electron chi connectivity index (χ1n) is 9.07. The Morgan fingerprint density at radius 1 is 1.38 bits per heavy atom. The second-order valence-corrected chi connectivity index (χ2v) is 8.48. The van der Waals surface area contributed by atoms with Gasteiger partial charge in [-0.1, -0.05) is 0 Å². The summed E-state index contributed by atoms with van der Waals surface area (Å²) in [5.74, 6) is 1.37. The molecule has 1 aromatic heterocycles. The molecule has 6 nitrogen and oxygen atoms in total. The Morgan fingerprint density at radius 2 is 2.08 bits per heavy atom. The van der Waals surface area contributed by atoms with Crippen LogP contribution in [0.15, 0.2) is 6.20 Å². The highest BCUT2D eigenvalue weighted by Crippen LogP contribution is 2.84. The van der Waals surface area contributed by atoms with Crippen LogP contribution in [0.25, 0.3) is 0 Å². The van der Waals surface area contributed by atoms with Crippen LogP contribution in [0.4, 0.5) is 5.82 Å². The fourth-order valence-electron chi connectivity index (χ4n) is 5.63. The van der Waals surface area contributed by atoms with Gasteiger partial charge in [0.2, 0.25) is 0 Å². The zero-order valence-electron chi connectivity index (χ0n) is 14.0. The van der Waals surface area contributed by atoms with Crippen molar-refractivity contribution in [3.63, 3.8) is 0 Å². The zero-order valence-corrected chi connectivity index (χ0v) is 14.0. The van der Waals surface area contributed by atoms with Crippen LogP contribution in [-0.4, -0.2) is 32.6 Å². The van der Waals surface area contributed by atoms with Gasteiger partial charge in [0.1, 0.15) is 11.6 Å². The van der Waals surface area contributed by atoms with Crippen molar-refractivity contribution in [3.05, 3.63) is 17.6 Å². The van der Waals surface area contributed by atoms with Crippen molar-refractivity contribution >= 4 is 11.7 Å². The molecule has 4 fully saturated rings. The minimum absolute atomic E-state index is 0.190. The van der Waals surface area contributed by atoms with Crippen molar-refractivity contribution in [1.82, 2.24) is 9.97 Å². The number of nitrogens with zero attached hydrogens (tertiary/aromatic N) is 2. The zero-order chi connectivity index (χ0) is 16.7. The minimum atomic E-state index is -0.666. The van der Waals surface area contributed by atoms with Gasteiger partial charge >= 0.3 is 0 Å². The summed E-state index contributed by atoms with van der Waals surface area (Å²) in [6.07, 6.45) is 8.76. The van der Waals surface area contributed by atoms with Crippen molar-refractivity contribution < 1.29 is 9.90 Å². The Morgan fingerprint density at radius 3 is 2.58 bits per heavy atom. The van der Waals surface area contributed by atoms with E-state index in [0.29, 0.717) is 23.1 Å². The maximum atomic E-state index is 11.8. The Balaban J connectivity index is 1.55.